The molecule has 0 amide bonds. The van der Waals surface area contributed by atoms with Crippen molar-refractivity contribution in [1.82, 2.24) is 15.1 Å². The molecule has 3 rings (SSSR count). The molecule has 160 valence electrons. The molecule has 2 N–H and O–H groups in total. The van der Waals surface area contributed by atoms with Crippen LogP contribution in [0.2, 0.25) is 0 Å². The van der Waals surface area contributed by atoms with Crippen LogP contribution >= 0.6 is 24.0 Å². The molecule has 0 unspecified atom stereocenters. The molecule has 3 aromatic rings. The molecule has 0 atom stereocenters. The highest BCUT2D eigenvalue weighted by Crippen LogP contribution is 2.30. The second kappa shape index (κ2) is 12.1. The Labute approximate surface area is 194 Å². The van der Waals surface area contributed by atoms with E-state index in [9.17, 15) is 0 Å². The third kappa shape index (κ3) is 6.38. The van der Waals surface area contributed by atoms with Gasteiger partial charge in [-0.05, 0) is 43.2 Å². The summed E-state index contributed by atoms with van der Waals surface area (Å²) in [4.78, 5) is 4.29. The molecule has 1 heterocycles. The lowest BCUT2D eigenvalue weighted by Crippen LogP contribution is -2.32. The van der Waals surface area contributed by atoms with E-state index in [0.29, 0.717) is 24.1 Å². The molecule has 30 heavy (non-hydrogen) atoms. The predicted octanol–water partition coefficient (Wildman–Crippen LogP) is 4.13. The highest BCUT2D eigenvalue weighted by atomic mass is 127. The van der Waals surface area contributed by atoms with Gasteiger partial charge in [0, 0.05) is 31.5 Å². The van der Waals surface area contributed by atoms with Crippen LogP contribution in [0.4, 0.5) is 5.69 Å². The third-order valence-electron chi connectivity index (χ3n) is 4.31. The van der Waals surface area contributed by atoms with Crippen LogP contribution in [0.15, 0.2) is 65.9 Å². The second-order valence-electron chi connectivity index (χ2n) is 6.30. The molecular formula is C22H28IN5O2. The SMILES string of the molecule is CCOc1cc(NC(=NC)NCCc2cnn(-c3ccccc3)c2)ccc1OC.I. The van der Waals surface area contributed by atoms with Crippen LogP contribution in [-0.2, 0) is 6.42 Å². The van der Waals surface area contributed by atoms with Gasteiger partial charge in [-0.3, -0.25) is 4.99 Å². The molecule has 0 saturated heterocycles. The zero-order valence-electron chi connectivity index (χ0n) is 17.5. The summed E-state index contributed by atoms with van der Waals surface area (Å²) in [5, 5.41) is 11.0. The van der Waals surface area contributed by atoms with Crippen molar-refractivity contribution in [2.24, 2.45) is 4.99 Å². The molecule has 7 nitrogen and oxygen atoms in total. The Morgan fingerprint density at radius 1 is 1.13 bits per heavy atom. The number of para-hydroxylation sites is 1. The molecule has 0 aliphatic heterocycles. The molecule has 1 aromatic heterocycles. The Morgan fingerprint density at radius 2 is 1.93 bits per heavy atom. The van der Waals surface area contributed by atoms with Gasteiger partial charge in [0.15, 0.2) is 17.5 Å². The average molecular weight is 521 g/mol. The fourth-order valence-electron chi connectivity index (χ4n) is 2.87. The number of aliphatic imine (C=N–C) groups is 1. The van der Waals surface area contributed by atoms with E-state index in [2.05, 4.69) is 20.7 Å². The third-order valence-corrected chi connectivity index (χ3v) is 4.31. The number of ether oxygens (including phenoxy) is 2. The van der Waals surface area contributed by atoms with Gasteiger partial charge < -0.3 is 20.1 Å². The summed E-state index contributed by atoms with van der Waals surface area (Å²) in [6.07, 6.45) is 4.77. The number of benzene rings is 2. The monoisotopic (exact) mass is 521 g/mol. The normalized spacial score (nSPS) is 10.8. The number of nitrogens with one attached hydrogen (secondary N) is 2. The lowest BCUT2D eigenvalue weighted by Gasteiger charge is -2.14. The maximum Gasteiger partial charge on any atom is 0.195 e. The number of anilines is 1. The molecule has 0 bridgehead atoms. The Hall–Kier alpha value is -2.75. The van der Waals surface area contributed by atoms with E-state index >= 15 is 0 Å². The fourth-order valence-corrected chi connectivity index (χ4v) is 2.87. The van der Waals surface area contributed by atoms with Gasteiger partial charge >= 0.3 is 0 Å². The van der Waals surface area contributed by atoms with Crippen LogP contribution in [0, 0.1) is 0 Å². The maximum absolute atomic E-state index is 5.63. The molecule has 0 aliphatic rings. The quantitative estimate of drug-likeness (QED) is 0.265. The number of hydrogen-bond donors (Lipinski definition) is 2. The first-order valence-corrected chi connectivity index (χ1v) is 9.61. The van der Waals surface area contributed by atoms with Gasteiger partial charge in [0.1, 0.15) is 0 Å². The van der Waals surface area contributed by atoms with Crippen molar-refractivity contribution in [1.29, 1.82) is 0 Å². The topological polar surface area (TPSA) is 72.7 Å². The van der Waals surface area contributed by atoms with E-state index in [1.165, 1.54) is 0 Å². The minimum absolute atomic E-state index is 0. The Morgan fingerprint density at radius 3 is 2.63 bits per heavy atom. The van der Waals surface area contributed by atoms with Crippen molar-refractivity contribution in [2.75, 3.05) is 32.6 Å². The van der Waals surface area contributed by atoms with Gasteiger partial charge in [-0.1, -0.05) is 18.2 Å². The molecular weight excluding hydrogens is 493 g/mol. The van der Waals surface area contributed by atoms with Gasteiger partial charge in [-0.25, -0.2) is 4.68 Å². The van der Waals surface area contributed by atoms with E-state index in [-0.39, 0.29) is 24.0 Å². The smallest absolute Gasteiger partial charge is 0.195 e. The summed E-state index contributed by atoms with van der Waals surface area (Å²) >= 11 is 0. The van der Waals surface area contributed by atoms with E-state index < -0.39 is 0 Å². The van der Waals surface area contributed by atoms with Crippen molar-refractivity contribution < 1.29 is 9.47 Å². The molecule has 0 spiro atoms. The van der Waals surface area contributed by atoms with Crippen LogP contribution < -0.4 is 20.1 Å². The predicted molar refractivity (Wildman–Crippen MR) is 132 cm³/mol. The highest BCUT2D eigenvalue weighted by Gasteiger charge is 2.07. The number of guanidine groups is 1. The number of nitrogens with zero attached hydrogens (tertiary/aromatic N) is 3. The number of rotatable bonds is 8. The van der Waals surface area contributed by atoms with E-state index in [4.69, 9.17) is 9.47 Å². The number of aromatic nitrogens is 2. The maximum atomic E-state index is 5.63. The van der Waals surface area contributed by atoms with Crippen LogP contribution in [0.1, 0.15) is 12.5 Å². The molecule has 0 aliphatic carbocycles. The molecule has 8 heteroatoms. The van der Waals surface area contributed by atoms with E-state index in [1.54, 1.807) is 14.2 Å². The first-order valence-electron chi connectivity index (χ1n) is 9.61. The van der Waals surface area contributed by atoms with Crippen LogP contribution in [0.3, 0.4) is 0 Å². The lowest BCUT2D eigenvalue weighted by molar-refractivity contribution is 0.311. The van der Waals surface area contributed by atoms with Crippen LogP contribution in [0.5, 0.6) is 11.5 Å². The van der Waals surface area contributed by atoms with Crippen molar-refractivity contribution in [2.45, 2.75) is 13.3 Å². The van der Waals surface area contributed by atoms with Crippen molar-refractivity contribution >= 4 is 35.6 Å². The fraction of sp³-hybridized carbons (Fsp3) is 0.273. The standard InChI is InChI=1S/C22H27N5O2.HI/c1-4-29-21-14-18(10-11-20(21)28-3)26-22(23-2)24-13-12-17-15-25-27(16-17)19-8-6-5-7-9-19;/h5-11,14-16H,4,12-13H2,1-3H3,(H2,23,24,26);1H. The lowest BCUT2D eigenvalue weighted by atomic mass is 10.2. The molecule has 0 saturated carbocycles. The van der Waals surface area contributed by atoms with E-state index in [1.807, 2.05) is 72.5 Å². The Balaban J connectivity index is 0.00000320. The van der Waals surface area contributed by atoms with Gasteiger partial charge in [0.05, 0.1) is 25.6 Å². The number of halogens is 1. The van der Waals surface area contributed by atoms with Crippen LogP contribution in [0.25, 0.3) is 5.69 Å². The van der Waals surface area contributed by atoms with Crippen molar-refractivity contribution in [3.8, 4) is 17.2 Å². The van der Waals surface area contributed by atoms with Crippen LogP contribution in [-0.4, -0.2) is 43.0 Å². The summed E-state index contributed by atoms with van der Waals surface area (Å²) < 4.78 is 12.8. The minimum Gasteiger partial charge on any atom is -0.493 e. The molecule has 0 radical (unpaired) electrons. The Bertz CT molecular complexity index is 944. The number of hydrogen-bond acceptors (Lipinski definition) is 4. The zero-order chi connectivity index (χ0) is 20.5. The summed E-state index contributed by atoms with van der Waals surface area (Å²) in [6.45, 7) is 3.25. The van der Waals surface area contributed by atoms with E-state index in [0.717, 1.165) is 29.9 Å². The first-order chi connectivity index (χ1) is 14.2. The minimum atomic E-state index is 0. The molecule has 0 fully saturated rings. The van der Waals surface area contributed by atoms with Crippen molar-refractivity contribution in [3.63, 3.8) is 0 Å². The summed E-state index contributed by atoms with van der Waals surface area (Å²) in [5.74, 6) is 2.09. The zero-order valence-corrected chi connectivity index (χ0v) is 19.8. The second-order valence-corrected chi connectivity index (χ2v) is 6.30. The van der Waals surface area contributed by atoms with Crippen molar-refractivity contribution in [3.05, 3.63) is 66.5 Å². The number of methoxy groups -OCH3 is 1. The van der Waals surface area contributed by atoms with Gasteiger partial charge in [-0.15, -0.1) is 24.0 Å². The largest absolute Gasteiger partial charge is 0.493 e. The average Bonchev–Trinajstić information content (AvgIpc) is 3.23. The van der Waals surface area contributed by atoms with Gasteiger partial charge in [-0.2, -0.15) is 5.10 Å². The summed E-state index contributed by atoms with van der Waals surface area (Å²) in [5.41, 5.74) is 3.08. The van der Waals surface area contributed by atoms with Gasteiger partial charge in [0.25, 0.3) is 0 Å². The first kappa shape index (κ1) is 23.5. The summed E-state index contributed by atoms with van der Waals surface area (Å²) in [6, 6.07) is 15.8. The summed E-state index contributed by atoms with van der Waals surface area (Å²) in [7, 11) is 3.38. The highest BCUT2D eigenvalue weighted by molar-refractivity contribution is 14.0. The molecule has 2 aromatic carbocycles. The van der Waals surface area contributed by atoms with Gasteiger partial charge in [0.2, 0.25) is 0 Å². The Kier molecular flexibility index (Phi) is 9.46.